The van der Waals surface area contributed by atoms with Crippen molar-refractivity contribution in [1.82, 2.24) is 0 Å². The van der Waals surface area contributed by atoms with Gasteiger partial charge in [0.2, 0.25) is 0 Å². The maximum absolute atomic E-state index is 12.0. The van der Waals surface area contributed by atoms with E-state index in [1.807, 2.05) is 0 Å². The van der Waals surface area contributed by atoms with Gasteiger partial charge in [0.15, 0.2) is 6.10 Å². The first-order chi connectivity index (χ1) is 6.80. The molecule has 0 saturated heterocycles. The maximum atomic E-state index is 12.0. The summed E-state index contributed by atoms with van der Waals surface area (Å²) in [5, 5.41) is 9.04. The molecule has 15 heavy (non-hydrogen) atoms. The van der Waals surface area contributed by atoms with Crippen LogP contribution in [0.25, 0.3) is 0 Å². The third kappa shape index (κ3) is 3.66. The third-order valence-electron chi connectivity index (χ3n) is 1.81. The van der Waals surface area contributed by atoms with Crippen molar-refractivity contribution in [2.24, 2.45) is 0 Å². The molecule has 84 valence electrons. The van der Waals surface area contributed by atoms with Crippen LogP contribution in [0.5, 0.6) is 0 Å². The summed E-state index contributed by atoms with van der Waals surface area (Å²) in [6.07, 6.45) is -7.53. The topological polar surface area (TPSA) is 20.2 Å². The first kappa shape index (κ1) is 12.8. The van der Waals surface area contributed by atoms with Crippen LogP contribution in [0.15, 0.2) is 22.7 Å². The number of halogens is 5. The molecule has 0 aliphatic carbocycles. The molecule has 1 nitrogen and oxygen atoms in total. The first-order valence-corrected chi connectivity index (χ1v) is 5.16. The highest BCUT2D eigenvalue weighted by Gasteiger charge is 2.38. The summed E-state index contributed by atoms with van der Waals surface area (Å²) >= 11 is 8.85. The van der Waals surface area contributed by atoms with E-state index in [4.69, 9.17) is 16.7 Å². The quantitative estimate of drug-likeness (QED) is 0.885. The van der Waals surface area contributed by atoms with Crippen molar-refractivity contribution in [2.75, 3.05) is 0 Å². The zero-order valence-electron chi connectivity index (χ0n) is 7.35. The van der Waals surface area contributed by atoms with Gasteiger partial charge in [0.05, 0.1) is 0 Å². The molecule has 0 aromatic heterocycles. The smallest absolute Gasteiger partial charge is 0.383 e. The second-order valence-corrected chi connectivity index (χ2v) is 4.32. The highest BCUT2D eigenvalue weighted by Crippen LogP contribution is 2.27. The molecular weight excluding hydrogens is 296 g/mol. The predicted octanol–water partition coefficient (Wildman–Crippen LogP) is 3.57. The molecule has 0 unspecified atom stereocenters. The summed E-state index contributed by atoms with van der Waals surface area (Å²) < 4.78 is 36.8. The van der Waals surface area contributed by atoms with Crippen LogP contribution in [-0.2, 0) is 6.42 Å². The molecule has 0 radical (unpaired) electrons. The Kier molecular flexibility index (Phi) is 4.03. The van der Waals surface area contributed by atoms with E-state index in [0.717, 1.165) is 0 Å². The number of hydrogen-bond donors (Lipinski definition) is 1. The Bertz CT molecular complexity index is 354. The van der Waals surface area contributed by atoms with Crippen molar-refractivity contribution in [3.8, 4) is 0 Å². The van der Waals surface area contributed by atoms with Gasteiger partial charge in [-0.25, -0.2) is 0 Å². The van der Waals surface area contributed by atoms with Gasteiger partial charge < -0.3 is 5.11 Å². The lowest BCUT2D eigenvalue weighted by atomic mass is 10.1. The fourth-order valence-corrected chi connectivity index (χ4v) is 1.76. The minimum absolute atomic E-state index is 0.202. The van der Waals surface area contributed by atoms with Gasteiger partial charge in [-0.2, -0.15) is 13.2 Å². The number of alkyl halides is 3. The lowest BCUT2D eigenvalue weighted by molar-refractivity contribution is -0.203. The van der Waals surface area contributed by atoms with Crippen molar-refractivity contribution >= 4 is 27.5 Å². The number of benzene rings is 1. The summed E-state index contributed by atoms with van der Waals surface area (Å²) in [5.74, 6) is 0. The van der Waals surface area contributed by atoms with Crippen LogP contribution in [0.1, 0.15) is 5.56 Å². The standard InChI is InChI=1S/C9H7BrClF3O/c10-6-2-1-5(7(11)4-6)3-8(15)9(12,13)14/h1-2,4,8,15H,3H2/t8-/m1/s1. The molecule has 0 bridgehead atoms. The van der Waals surface area contributed by atoms with Gasteiger partial charge in [-0.05, 0) is 17.7 Å². The van der Waals surface area contributed by atoms with E-state index in [0.29, 0.717) is 4.47 Å². The largest absolute Gasteiger partial charge is 0.414 e. The maximum Gasteiger partial charge on any atom is 0.414 e. The van der Waals surface area contributed by atoms with E-state index < -0.39 is 18.7 Å². The van der Waals surface area contributed by atoms with Crippen molar-refractivity contribution < 1.29 is 18.3 Å². The number of aliphatic hydroxyl groups is 1. The lowest BCUT2D eigenvalue weighted by Crippen LogP contribution is -2.30. The van der Waals surface area contributed by atoms with Gasteiger partial charge in [-0.1, -0.05) is 33.6 Å². The second kappa shape index (κ2) is 4.72. The van der Waals surface area contributed by atoms with E-state index in [-0.39, 0.29) is 10.6 Å². The van der Waals surface area contributed by atoms with Crippen molar-refractivity contribution in [3.05, 3.63) is 33.3 Å². The molecule has 0 heterocycles. The van der Waals surface area contributed by atoms with Gasteiger partial charge >= 0.3 is 6.18 Å². The highest BCUT2D eigenvalue weighted by atomic mass is 79.9. The van der Waals surface area contributed by atoms with E-state index >= 15 is 0 Å². The van der Waals surface area contributed by atoms with E-state index in [2.05, 4.69) is 15.9 Å². The Hall–Kier alpha value is -0.260. The van der Waals surface area contributed by atoms with Crippen molar-refractivity contribution in [1.29, 1.82) is 0 Å². The number of rotatable bonds is 2. The summed E-state index contributed by atoms with van der Waals surface area (Å²) in [6.45, 7) is 0. The van der Waals surface area contributed by atoms with Crippen LogP contribution in [0, 0.1) is 0 Å². The van der Waals surface area contributed by atoms with Crippen molar-refractivity contribution in [3.63, 3.8) is 0 Å². The SMILES string of the molecule is O[C@H](Cc1ccc(Br)cc1Cl)C(F)(F)F. The molecule has 0 fully saturated rings. The number of hydrogen-bond acceptors (Lipinski definition) is 1. The van der Waals surface area contributed by atoms with Crippen LogP contribution in [0.3, 0.4) is 0 Å². The van der Waals surface area contributed by atoms with Crippen LogP contribution < -0.4 is 0 Å². The number of aliphatic hydroxyl groups excluding tert-OH is 1. The van der Waals surface area contributed by atoms with Crippen molar-refractivity contribution in [2.45, 2.75) is 18.7 Å². The Labute approximate surface area is 98.0 Å². The lowest BCUT2D eigenvalue weighted by Gasteiger charge is -2.15. The molecule has 1 rings (SSSR count). The highest BCUT2D eigenvalue weighted by molar-refractivity contribution is 9.10. The van der Waals surface area contributed by atoms with E-state index in [9.17, 15) is 13.2 Å². The van der Waals surface area contributed by atoms with E-state index in [1.54, 1.807) is 6.07 Å². The summed E-state index contributed by atoms with van der Waals surface area (Å²) in [5.41, 5.74) is 0.268. The molecule has 0 saturated carbocycles. The minimum atomic E-state index is -4.61. The minimum Gasteiger partial charge on any atom is -0.383 e. The zero-order chi connectivity index (χ0) is 11.6. The van der Waals surface area contributed by atoms with E-state index in [1.165, 1.54) is 12.1 Å². The summed E-state index contributed by atoms with van der Waals surface area (Å²) in [7, 11) is 0. The third-order valence-corrected chi connectivity index (χ3v) is 2.65. The molecule has 0 amide bonds. The molecule has 1 atom stereocenters. The average molecular weight is 304 g/mol. The van der Waals surface area contributed by atoms with Gasteiger partial charge in [0.1, 0.15) is 0 Å². The average Bonchev–Trinajstić information content (AvgIpc) is 2.08. The Balaban J connectivity index is 2.82. The zero-order valence-corrected chi connectivity index (χ0v) is 9.70. The normalized spacial score (nSPS) is 14.0. The summed E-state index contributed by atoms with van der Waals surface area (Å²) in [4.78, 5) is 0. The van der Waals surface area contributed by atoms with Crippen LogP contribution in [-0.4, -0.2) is 17.4 Å². The van der Waals surface area contributed by atoms with Crippen LogP contribution >= 0.6 is 27.5 Å². The van der Waals surface area contributed by atoms with Crippen LogP contribution in [0.4, 0.5) is 13.2 Å². The van der Waals surface area contributed by atoms with Gasteiger partial charge in [0.25, 0.3) is 0 Å². The first-order valence-electron chi connectivity index (χ1n) is 3.99. The molecule has 6 heteroatoms. The fraction of sp³-hybridized carbons (Fsp3) is 0.333. The molecule has 1 N–H and O–H groups in total. The molecular formula is C9H7BrClF3O. The molecule has 0 spiro atoms. The molecule has 0 aliphatic heterocycles. The predicted molar refractivity (Wildman–Crippen MR) is 54.9 cm³/mol. The Morgan fingerprint density at radius 3 is 2.47 bits per heavy atom. The fourth-order valence-electron chi connectivity index (χ4n) is 1.01. The summed E-state index contributed by atoms with van der Waals surface area (Å²) in [6, 6.07) is 4.51. The van der Waals surface area contributed by atoms with Gasteiger partial charge in [-0.15, -0.1) is 0 Å². The molecule has 1 aromatic rings. The molecule has 1 aromatic carbocycles. The monoisotopic (exact) mass is 302 g/mol. The van der Waals surface area contributed by atoms with Gasteiger partial charge in [0, 0.05) is 15.9 Å². The Morgan fingerprint density at radius 1 is 1.40 bits per heavy atom. The van der Waals surface area contributed by atoms with Crippen LogP contribution in [0.2, 0.25) is 5.02 Å². The Morgan fingerprint density at radius 2 is 2.00 bits per heavy atom. The molecule has 0 aliphatic rings. The second-order valence-electron chi connectivity index (χ2n) is 3.00. The van der Waals surface area contributed by atoms with Gasteiger partial charge in [-0.3, -0.25) is 0 Å².